The van der Waals surface area contributed by atoms with Gasteiger partial charge >= 0.3 is 0 Å². The summed E-state index contributed by atoms with van der Waals surface area (Å²) in [5, 5.41) is 7.13. The highest BCUT2D eigenvalue weighted by Gasteiger charge is 2.15. The summed E-state index contributed by atoms with van der Waals surface area (Å²) in [4.78, 5) is 17.5. The van der Waals surface area contributed by atoms with Gasteiger partial charge in [0.15, 0.2) is 0 Å². The van der Waals surface area contributed by atoms with E-state index in [2.05, 4.69) is 15.6 Å². The number of aromatic nitrogens is 1. The monoisotopic (exact) mass is 383 g/mol. The Morgan fingerprint density at radius 1 is 1.07 bits per heavy atom. The molecule has 0 bridgehead atoms. The number of aryl methyl sites for hydroxylation is 1. The van der Waals surface area contributed by atoms with Gasteiger partial charge in [-0.25, -0.2) is 9.37 Å². The SMILES string of the molecule is Cc1nc(Cc2ccc(F)cc2)sc1C(=O)NCCCNc1ccccc1. The lowest BCUT2D eigenvalue weighted by Crippen LogP contribution is -2.25. The molecule has 2 aromatic carbocycles. The molecule has 0 fully saturated rings. The molecule has 0 saturated carbocycles. The van der Waals surface area contributed by atoms with Gasteiger partial charge in [0.05, 0.1) is 10.7 Å². The highest BCUT2D eigenvalue weighted by Crippen LogP contribution is 2.21. The fourth-order valence-corrected chi connectivity index (χ4v) is 3.69. The maximum Gasteiger partial charge on any atom is 0.263 e. The van der Waals surface area contributed by atoms with E-state index in [9.17, 15) is 9.18 Å². The van der Waals surface area contributed by atoms with Crippen molar-refractivity contribution in [3.63, 3.8) is 0 Å². The van der Waals surface area contributed by atoms with E-state index in [0.717, 1.165) is 34.9 Å². The first-order valence-electron chi connectivity index (χ1n) is 8.89. The Hall–Kier alpha value is -2.73. The Labute approximate surface area is 162 Å². The lowest BCUT2D eigenvalue weighted by Gasteiger charge is -2.07. The number of hydrogen-bond acceptors (Lipinski definition) is 4. The van der Waals surface area contributed by atoms with E-state index in [1.54, 1.807) is 12.1 Å². The highest BCUT2D eigenvalue weighted by molar-refractivity contribution is 7.13. The zero-order valence-corrected chi connectivity index (χ0v) is 16.0. The minimum atomic E-state index is -0.254. The molecule has 0 radical (unpaired) electrons. The molecule has 0 saturated heterocycles. The van der Waals surface area contributed by atoms with E-state index in [0.29, 0.717) is 17.8 Å². The first-order valence-corrected chi connectivity index (χ1v) is 9.71. The number of halogens is 1. The van der Waals surface area contributed by atoms with Gasteiger partial charge in [0, 0.05) is 25.2 Å². The molecule has 1 heterocycles. The maximum absolute atomic E-state index is 13.0. The molecular weight excluding hydrogens is 361 g/mol. The molecule has 1 aromatic heterocycles. The van der Waals surface area contributed by atoms with E-state index in [1.165, 1.54) is 23.5 Å². The Morgan fingerprint density at radius 2 is 1.81 bits per heavy atom. The average molecular weight is 383 g/mol. The second-order valence-corrected chi connectivity index (χ2v) is 7.31. The number of rotatable bonds is 8. The van der Waals surface area contributed by atoms with E-state index >= 15 is 0 Å². The van der Waals surface area contributed by atoms with Crippen molar-refractivity contribution in [1.82, 2.24) is 10.3 Å². The average Bonchev–Trinajstić information content (AvgIpc) is 3.04. The van der Waals surface area contributed by atoms with Crippen LogP contribution in [0.2, 0.25) is 0 Å². The molecule has 0 aliphatic carbocycles. The van der Waals surface area contributed by atoms with Crippen LogP contribution in [0, 0.1) is 12.7 Å². The van der Waals surface area contributed by atoms with Gasteiger partial charge in [-0.1, -0.05) is 30.3 Å². The smallest absolute Gasteiger partial charge is 0.263 e. The van der Waals surface area contributed by atoms with Crippen LogP contribution in [-0.2, 0) is 6.42 Å². The van der Waals surface area contributed by atoms with Gasteiger partial charge in [0.1, 0.15) is 10.7 Å². The number of amides is 1. The number of carbonyl (C=O) groups is 1. The standard InChI is InChI=1S/C21H22FN3OS/c1-15-20(27-19(25-15)14-16-8-10-17(22)11-9-16)21(26)24-13-5-12-23-18-6-3-2-4-7-18/h2-4,6-11,23H,5,12-14H2,1H3,(H,24,26). The molecular formula is C21H22FN3OS. The Balaban J connectivity index is 1.46. The molecule has 4 nitrogen and oxygen atoms in total. The number of carbonyl (C=O) groups excluding carboxylic acids is 1. The van der Waals surface area contributed by atoms with E-state index in [-0.39, 0.29) is 11.7 Å². The topological polar surface area (TPSA) is 54.0 Å². The molecule has 2 N–H and O–H groups in total. The molecule has 0 atom stereocenters. The lowest BCUT2D eigenvalue weighted by molar-refractivity contribution is 0.0957. The zero-order valence-electron chi connectivity index (χ0n) is 15.2. The van der Waals surface area contributed by atoms with Crippen LogP contribution >= 0.6 is 11.3 Å². The van der Waals surface area contributed by atoms with Crippen molar-refractivity contribution >= 4 is 22.9 Å². The number of hydrogen-bond donors (Lipinski definition) is 2. The fourth-order valence-electron chi connectivity index (χ4n) is 2.67. The van der Waals surface area contributed by atoms with Gasteiger partial charge in [-0.15, -0.1) is 11.3 Å². The second kappa shape index (κ2) is 9.28. The van der Waals surface area contributed by atoms with Crippen molar-refractivity contribution in [1.29, 1.82) is 0 Å². The first-order chi connectivity index (χ1) is 13.1. The number of thiazole rings is 1. The predicted octanol–water partition coefficient (Wildman–Crippen LogP) is 4.41. The molecule has 27 heavy (non-hydrogen) atoms. The van der Waals surface area contributed by atoms with Crippen LogP contribution in [0.3, 0.4) is 0 Å². The van der Waals surface area contributed by atoms with Crippen LogP contribution in [0.15, 0.2) is 54.6 Å². The Morgan fingerprint density at radius 3 is 2.56 bits per heavy atom. The maximum atomic E-state index is 13.0. The molecule has 0 unspecified atom stereocenters. The quantitative estimate of drug-likeness (QED) is 0.567. The molecule has 3 rings (SSSR count). The summed E-state index contributed by atoms with van der Waals surface area (Å²) in [6.07, 6.45) is 1.43. The molecule has 6 heteroatoms. The third-order valence-corrected chi connectivity index (χ3v) is 5.21. The molecule has 3 aromatic rings. The van der Waals surface area contributed by atoms with Crippen LogP contribution in [0.4, 0.5) is 10.1 Å². The minimum absolute atomic E-state index is 0.0879. The summed E-state index contributed by atoms with van der Waals surface area (Å²) in [7, 11) is 0. The van der Waals surface area contributed by atoms with Gasteiger partial charge < -0.3 is 10.6 Å². The number of para-hydroxylation sites is 1. The van der Waals surface area contributed by atoms with Gasteiger partial charge in [-0.05, 0) is 43.2 Å². The first kappa shape index (κ1) is 19.0. The van der Waals surface area contributed by atoms with Crippen LogP contribution in [-0.4, -0.2) is 24.0 Å². The summed E-state index contributed by atoms with van der Waals surface area (Å²) in [5.41, 5.74) is 2.79. The summed E-state index contributed by atoms with van der Waals surface area (Å²) in [5.74, 6) is -0.342. The van der Waals surface area contributed by atoms with Gasteiger partial charge in [-0.3, -0.25) is 4.79 Å². The van der Waals surface area contributed by atoms with Crippen LogP contribution < -0.4 is 10.6 Å². The Kier molecular flexibility index (Phi) is 6.54. The third-order valence-electron chi connectivity index (χ3n) is 4.06. The van der Waals surface area contributed by atoms with E-state index < -0.39 is 0 Å². The fraction of sp³-hybridized carbons (Fsp3) is 0.238. The predicted molar refractivity (Wildman–Crippen MR) is 108 cm³/mol. The number of nitrogens with one attached hydrogen (secondary N) is 2. The van der Waals surface area contributed by atoms with Crippen LogP contribution in [0.1, 0.15) is 32.4 Å². The van der Waals surface area contributed by atoms with Crippen molar-refractivity contribution in [3.8, 4) is 0 Å². The molecule has 1 amide bonds. The molecule has 0 aliphatic heterocycles. The normalized spacial score (nSPS) is 10.6. The van der Waals surface area contributed by atoms with Gasteiger partial charge in [0.25, 0.3) is 5.91 Å². The second-order valence-electron chi connectivity index (χ2n) is 6.23. The minimum Gasteiger partial charge on any atom is -0.385 e. The van der Waals surface area contributed by atoms with Crippen molar-refractivity contribution in [3.05, 3.63) is 81.6 Å². The summed E-state index contributed by atoms with van der Waals surface area (Å²) < 4.78 is 13.0. The van der Waals surface area contributed by atoms with Crippen molar-refractivity contribution < 1.29 is 9.18 Å². The van der Waals surface area contributed by atoms with Gasteiger partial charge in [0.2, 0.25) is 0 Å². The molecule has 0 aliphatic rings. The Bertz CT molecular complexity index is 878. The molecule has 0 spiro atoms. The molecule has 140 valence electrons. The lowest BCUT2D eigenvalue weighted by atomic mass is 10.1. The van der Waals surface area contributed by atoms with Crippen molar-refractivity contribution in [2.75, 3.05) is 18.4 Å². The summed E-state index contributed by atoms with van der Waals surface area (Å²) in [6, 6.07) is 16.3. The zero-order chi connectivity index (χ0) is 19.1. The summed E-state index contributed by atoms with van der Waals surface area (Å²) >= 11 is 1.39. The largest absolute Gasteiger partial charge is 0.385 e. The van der Waals surface area contributed by atoms with Crippen LogP contribution in [0.5, 0.6) is 0 Å². The van der Waals surface area contributed by atoms with E-state index in [1.807, 2.05) is 37.3 Å². The van der Waals surface area contributed by atoms with E-state index in [4.69, 9.17) is 0 Å². The number of nitrogens with zero attached hydrogens (tertiary/aromatic N) is 1. The third kappa shape index (κ3) is 5.62. The van der Waals surface area contributed by atoms with Crippen LogP contribution in [0.25, 0.3) is 0 Å². The number of benzene rings is 2. The van der Waals surface area contributed by atoms with Crippen molar-refractivity contribution in [2.45, 2.75) is 19.8 Å². The highest BCUT2D eigenvalue weighted by atomic mass is 32.1. The number of anilines is 1. The van der Waals surface area contributed by atoms with Crippen molar-refractivity contribution in [2.24, 2.45) is 0 Å². The summed E-state index contributed by atoms with van der Waals surface area (Å²) in [6.45, 7) is 3.24. The van der Waals surface area contributed by atoms with Gasteiger partial charge in [-0.2, -0.15) is 0 Å².